The largest absolute Gasteiger partial charge is 0.396 e. The van der Waals surface area contributed by atoms with E-state index in [9.17, 15) is 9.59 Å². The number of unbranched alkanes of at least 4 members (excludes halogenated alkanes) is 4. The first-order chi connectivity index (χ1) is 14.1. The zero-order valence-corrected chi connectivity index (χ0v) is 18.3. The molecule has 0 aliphatic heterocycles. The fourth-order valence-corrected chi connectivity index (χ4v) is 2.68. The molecule has 6 nitrogen and oxygen atoms in total. The second kappa shape index (κ2) is 15.5. The van der Waals surface area contributed by atoms with E-state index in [4.69, 9.17) is 4.84 Å². The molecule has 0 saturated carbocycles. The van der Waals surface area contributed by atoms with Crippen molar-refractivity contribution < 1.29 is 14.4 Å². The summed E-state index contributed by atoms with van der Waals surface area (Å²) in [5.74, 6) is 0.0833. The number of rotatable bonds is 15. The molecule has 162 valence electrons. The zero-order chi connectivity index (χ0) is 21.3. The fourth-order valence-electron chi connectivity index (χ4n) is 2.68. The molecule has 1 rings (SSSR count). The Hall–Kier alpha value is -2.37. The standard InChI is InChI=1S/C23H37N3O3/c1-4-6-8-17-25-23(28)21-14-12-20(13-15-21)19(3)26-29-18-10-9-16-24-22(27)11-7-5-2/h12-15H,4-11,16-18H2,1-3H3,(H,24,27)(H,25,28)/b26-19-. The Balaban J connectivity index is 2.26. The van der Waals surface area contributed by atoms with Crippen LogP contribution in [0.15, 0.2) is 29.4 Å². The molecular formula is C23H37N3O3. The van der Waals surface area contributed by atoms with Gasteiger partial charge in [-0.3, -0.25) is 9.59 Å². The maximum atomic E-state index is 12.1. The van der Waals surface area contributed by atoms with E-state index in [2.05, 4.69) is 29.6 Å². The lowest BCUT2D eigenvalue weighted by molar-refractivity contribution is -0.121. The summed E-state index contributed by atoms with van der Waals surface area (Å²) < 4.78 is 0. The van der Waals surface area contributed by atoms with E-state index >= 15 is 0 Å². The third-order valence-corrected chi connectivity index (χ3v) is 4.57. The predicted octanol–water partition coefficient (Wildman–Crippen LogP) is 4.43. The van der Waals surface area contributed by atoms with Crippen LogP contribution in [0.2, 0.25) is 0 Å². The van der Waals surface area contributed by atoms with Gasteiger partial charge in [-0.15, -0.1) is 0 Å². The van der Waals surface area contributed by atoms with Crippen molar-refractivity contribution in [3.8, 4) is 0 Å². The average Bonchev–Trinajstić information content (AvgIpc) is 2.74. The van der Waals surface area contributed by atoms with Crippen LogP contribution in [0.1, 0.15) is 88.1 Å². The van der Waals surface area contributed by atoms with Crippen LogP contribution in [0.5, 0.6) is 0 Å². The molecule has 1 aromatic rings. The van der Waals surface area contributed by atoms with E-state index < -0.39 is 0 Å². The Kier molecular flexibility index (Phi) is 13.2. The number of hydrogen-bond acceptors (Lipinski definition) is 4. The maximum Gasteiger partial charge on any atom is 0.251 e. The van der Waals surface area contributed by atoms with Crippen molar-refractivity contribution in [1.82, 2.24) is 10.6 Å². The van der Waals surface area contributed by atoms with Gasteiger partial charge in [0.15, 0.2) is 0 Å². The minimum atomic E-state index is -0.0414. The van der Waals surface area contributed by atoms with Crippen LogP contribution in [0.25, 0.3) is 0 Å². The number of nitrogens with zero attached hydrogens (tertiary/aromatic N) is 1. The molecule has 0 spiro atoms. The Bertz CT molecular complexity index is 627. The summed E-state index contributed by atoms with van der Waals surface area (Å²) in [4.78, 5) is 29.0. The SMILES string of the molecule is CCCCCNC(=O)c1ccc(/C(C)=N\OCCCCNC(=O)CCCC)cc1. The lowest BCUT2D eigenvalue weighted by Gasteiger charge is -2.07. The molecule has 1 aromatic carbocycles. The smallest absolute Gasteiger partial charge is 0.251 e. The molecule has 29 heavy (non-hydrogen) atoms. The number of carbonyl (C=O) groups excluding carboxylic acids is 2. The van der Waals surface area contributed by atoms with Gasteiger partial charge in [-0.2, -0.15) is 0 Å². The Labute approximate surface area is 175 Å². The quantitative estimate of drug-likeness (QED) is 0.258. The van der Waals surface area contributed by atoms with Crippen LogP contribution in [-0.4, -0.2) is 37.2 Å². The van der Waals surface area contributed by atoms with Crippen LogP contribution in [0.3, 0.4) is 0 Å². The minimum Gasteiger partial charge on any atom is -0.396 e. The second-order valence-electron chi connectivity index (χ2n) is 7.21. The monoisotopic (exact) mass is 403 g/mol. The number of nitrogens with one attached hydrogen (secondary N) is 2. The Morgan fingerprint density at radius 2 is 1.48 bits per heavy atom. The van der Waals surface area contributed by atoms with Crippen LogP contribution in [0.4, 0.5) is 0 Å². The van der Waals surface area contributed by atoms with Crippen molar-refractivity contribution in [3.63, 3.8) is 0 Å². The first-order valence-electron chi connectivity index (χ1n) is 10.9. The number of benzene rings is 1. The second-order valence-corrected chi connectivity index (χ2v) is 7.21. The van der Waals surface area contributed by atoms with Crippen LogP contribution in [0, 0.1) is 0 Å². The molecule has 2 amide bonds. The normalized spacial score (nSPS) is 11.2. The summed E-state index contributed by atoms with van der Waals surface area (Å²) in [6.07, 6.45) is 7.56. The molecule has 2 N–H and O–H groups in total. The van der Waals surface area contributed by atoms with Crippen LogP contribution >= 0.6 is 0 Å². The third-order valence-electron chi connectivity index (χ3n) is 4.57. The fraction of sp³-hybridized carbons (Fsp3) is 0.609. The topological polar surface area (TPSA) is 79.8 Å². The number of oxime groups is 1. The highest BCUT2D eigenvalue weighted by atomic mass is 16.6. The summed E-state index contributed by atoms with van der Waals surface area (Å²) in [6, 6.07) is 7.39. The molecule has 0 aliphatic rings. The van der Waals surface area contributed by atoms with Gasteiger partial charge < -0.3 is 15.5 Å². The van der Waals surface area contributed by atoms with Crippen LogP contribution < -0.4 is 10.6 Å². The molecule has 0 aliphatic carbocycles. The van der Waals surface area contributed by atoms with Crippen molar-refractivity contribution in [2.75, 3.05) is 19.7 Å². The molecule has 6 heteroatoms. The average molecular weight is 404 g/mol. The lowest BCUT2D eigenvalue weighted by Crippen LogP contribution is -2.24. The van der Waals surface area contributed by atoms with E-state index in [1.807, 2.05) is 31.2 Å². The van der Waals surface area contributed by atoms with Gasteiger partial charge in [0.1, 0.15) is 6.61 Å². The van der Waals surface area contributed by atoms with Gasteiger partial charge in [0.2, 0.25) is 5.91 Å². The van der Waals surface area contributed by atoms with Gasteiger partial charge in [0.05, 0.1) is 5.71 Å². The first kappa shape index (κ1) is 24.7. The van der Waals surface area contributed by atoms with Gasteiger partial charge >= 0.3 is 0 Å². The third kappa shape index (κ3) is 11.3. The maximum absolute atomic E-state index is 12.1. The summed E-state index contributed by atoms with van der Waals surface area (Å²) >= 11 is 0. The van der Waals surface area contributed by atoms with Gasteiger partial charge in [0, 0.05) is 25.1 Å². The summed E-state index contributed by atoms with van der Waals surface area (Å²) in [5, 5.41) is 9.99. The van der Waals surface area contributed by atoms with Crippen molar-refractivity contribution in [2.24, 2.45) is 5.16 Å². The summed E-state index contributed by atoms with van der Waals surface area (Å²) in [7, 11) is 0. The molecule has 0 unspecified atom stereocenters. The molecule has 0 aromatic heterocycles. The number of hydrogen-bond donors (Lipinski definition) is 2. The molecular weight excluding hydrogens is 366 g/mol. The van der Waals surface area contributed by atoms with Crippen molar-refractivity contribution in [3.05, 3.63) is 35.4 Å². The van der Waals surface area contributed by atoms with Crippen molar-refractivity contribution in [1.29, 1.82) is 0 Å². The molecule has 0 saturated heterocycles. The van der Waals surface area contributed by atoms with E-state index in [1.165, 1.54) is 0 Å². The molecule has 0 heterocycles. The highest BCUT2D eigenvalue weighted by Crippen LogP contribution is 2.07. The first-order valence-corrected chi connectivity index (χ1v) is 10.9. The molecule has 0 fully saturated rings. The van der Waals surface area contributed by atoms with E-state index in [-0.39, 0.29) is 11.8 Å². The van der Waals surface area contributed by atoms with Crippen molar-refractivity contribution >= 4 is 17.5 Å². The van der Waals surface area contributed by atoms with E-state index in [1.54, 1.807) is 0 Å². The zero-order valence-electron chi connectivity index (χ0n) is 18.3. The molecule has 0 radical (unpaired) electrons. The summed E-state index contributed by atoms with van der Waals surface area (Å²) in [6.45, 7) is 8.01. The van der Waals surface area contributed by atoms with E-state index in [0.29, 0.717) is 31.7 Å². The molecule has 0 atom stereocenters. The van der Waals surface area contributed by atoms with Crippen molar-refractivity contribution in [2.45, 2.75) is 72.1 Å². The number of amides is 2. The molecule has 0 bridgehead atoms. The predicted molar refractivity (Wildman–Crippen MR) is 118 cm³/mol. The summed E-state index contributed by atoms with van der Waals surface area (Å²) in [5.41, 5.74) is 2.35. The van der Waals surface area contributed by atoms with Gasteiger partial charge in [-0.05, 0) is 50.3 Å². The van der Waals surface area contributed by atoms with E-state index in [0.717, 1.165) is 56.2 Å². The lowest BCUT2D eigenvalue weighted by atomic mass is 10.1. The Morgan fingerprint density at radius 3 is 2.17 bits per heavy atom. The van der Waals surface area contributed by atoms with Gasteiger partial charge in [-0.1, -0.05) is 50.4 Å². The van der Waals surface area contributed by atoms with Gasteiger partial charge in [0.25, 0.3) is 5.91 Å². The van der Waals surface area contributed by atoms with Crippen LogP contribution in [-0.2, 0) is 9.63 Å². The highest BCUT2D eigenvalue weighted by molar-refractivity contribution is 6.00. The number of carbonyl (C=O) groups is 2. The minimum absolute atomic E-state index is 0.0414. The highest BCUT2D eigenvalue weighted by Gasteiger charge is 2.06. The van der Waals surface area contributed by atoms with Gasteiger partial charge in [-0.25, -0.2) is 0 Å². The Morgan fingerprint density at radius 1 is 0.862 bits per heavy atom.